The van der Waals surface area contributed by atoms with Gasteiger partial charge in [-0.1, -0.05) is 6.92 Å². The van der Waals surface area contributed by atoms with Crippen molar-refractivity contribution in [2.24, 2.45) is 5.73 Å². The van der Waals surface area contributed by atoms with E-state index < -0.39 is 11.9 Å². The van der Waals surface area contributed by atoms with Gasteiger partial charge in [0.05, 0.1) is 0 Å². The molecule has 2 amide bonds. The molecule has 0 saturated heterocycles. The lowest BCUT2D eigenvalue weighted by atomic mass is 10.2. The number of hydrogen-bond donors (Lipinski definition) is 2. The standard InChI is InChI=1S/C10H13N3O2/c1-2-8(9(11)14)13-10(15)7-3-5-12-6-4-7/h3-6,8H,2H2,1H3,(H2,11,14)(H,13,15)/t8-/m1/s1. The number of amides is 2. The maximum absolute atomic E-state index is 11.6. The van der Waals surface area contributed by atoms with Crippen molar-refractivity contribution >= 4 is 11.8 Å². The van der Waals surface area contributed by atoms with Gasteiger partial charge in [-0.3, -0.25) is 14.6 Å². The summed E-state index contributed by atoms with van der Waals surface area (Å²) in [6.07, 6.45) is 3.51. The Labute approximate surface area is 87.7 Å². The summed E-state index contributed by atoms with van der Waals surface area (Å²) in [6.45, 7) is 1.78. The van der Waals surface area contributed by atoms with Crippen molar-refractivity contribution in [3.8, 4) is 0 Å². The summed E-state index contributed by atoms with van der Waals surface area (Å²) in [4.78, 5) is 26.3. The van der Waals surface area contributed by atoms with Crippen molar-refractivity contribution in [3.63, 3.8) is 0 Å². The molecule has 5 nitrogen and oxygen atoms in total. The van der Waals surface area contributed by atoms with Gasteiger partial charge in [0.2, 0.25) is 5.91 Å². The molecule has 0 radical (unpaired) electrons. The van der Waals surface area contributed by atoms with Gasteiger partial charge in [0.1, 0.15) is 6.04 Å². The third-order valence-electron chi connectivity index (χ3n) is 2.00. The van der Waals surface area contributed by atoms with Gasteiger partial charge >= 0.3 is 0 Å². The number of pyridine rings is 1. The van der Waals surface area contributed by atoms with E-state index in [2.05, 4.69) is 10.3 Å². The van der Waals surface area contributed by atoms with Gasteiger partial charge in [-0.2, -0.15) is 0 Å². The molecule has 0 aromatic carbocycles. The number of nitrogens with one attached hydrogen (secondary N) is 1. The summed E-state index contributed by atoms with van der Waals surface area (Å²) in [5, 5.41) is 2.54. The minimum atomic E-state index is -0.620. The first kappa shape index (κ1) is 11.2. The lowest BCUT2D eigenvalue weighted by Gasteiger charge is -2.12. The highest BCUT2D eigenvalue weighted by Gasteiger charge is 2.16. The molecule has 0 unspecified atom stereocenters. The molecule has 0 saturated carbocycles. The number of nitrogens with zero attached hydrogens (tertiary/aromatic N) is 1. The Bertz CT molecular complexity index is 351. The summed E-state index contributed by atoms with van der Waals surface area (Å²) in [5.41, 5.74) is 5.57. The van der Waals surface area contributed by atoms with Crippen molar-refractivity contribution in [1.29, 1.82) is 0 Å². The van der Waals surface area contributed by atoms with Crippen LogP contribution in [0.2, 0.25) is 0 Å². The molecule has 1 aromatic heterocycles. The molecule has 0 aliphatic carbocycles. The normalized spacial score (nSPS) is 11.8. The molecule has 0 aliphatic heterocycles. The largest absolute Gasteiger partial charge is 0.368 e. The van der Waals surface area contributed by atoms with Gasteiger partial charge in [-0.05, 0) is 18.6 Å². The van der Waals surface area contributed by atoms with Crippen LogP contribution in [0.4, 0.5) is 0 Å². The van der Waals surface area contributed by atoms with Crippen LogP contribution in [-0.4, -0.2) is 22.8 Å². The maximum Gasteiger partial charge on any atom is 0.252 e. The first-order valence-corrected chi connectivity index (χ1v) is 4.65. The number of aromatic nitrogens is 1. The minimum Gasteiger partial charge on any atom is -0.368 e. The molecule has 1 rings (SSSR count). The van der Waals surface area contributed by atoms with Crippen molar-refractivity contribution in [3.05, 3.63) is 30.1 Å². The topological polar surface area (TPSA) is 85.1 Å². The van der Waals surface area contributed by atoms with Gasteiger partial charge in [0.15, 0.2) is 0 Å². The molecule has 1 aromatic rings. The Balaban J connectivity index is 2.67. The molecule has 0 spiro atoms. The van der Waals surface area contributed by atoms with E-state index in [0.29, 0.717) is 12.0 Å². The molecule has 15 heavy (non-hydrogen) atoms. The van der Waals surface area contributed by atoms with E-state index in [0.717, 1.165) is 0 Å². The van der Waals surface area contributed by atoms with Crippen molar-refractivity contribution in [1.82, 2.24) is 10.3 Å². The van der Waals surface area contributed by atoms with Crippen LogP contribution in [0.15, 0.2) is 24.5 Å². The average molecular weight is 207 g/mol. The quantitative estimate of drug-likeness (QED) is 0.733. The van der Waals surface area contributed by atoms with Crippen LogP contribution >= 0.6 is 0 Å². The summed E-state index contributed by atoms with van der Waals surface area (Å²) in [6, 6.07) is 2.53. The fraction of sp³-hybridized carbons (Fsp3) is 0.300. The fourth-order valence-electron chi connectivity index (χ4n) is 1.12. The van der Waals surface area contributed by atoms with Crippen molar-refractivity contribution in [2.75, 3.05) is 0 Å². The van der Waals surface area contributed by atoms with E-state index in [9.17, 15) is 9.59 Å². The minimum absolute atomic E-state index is 0.317. The molecule has 0 fully saturated rings. The van der Waals surface area contributed by atoms with Gasteiger partial charge in [-0.25, -0.2) is 0 Å². The zero-order chi connectivity index (χ0) is 11.3. The monoisotopic (exact) mass is 207 g/mol. The highest BCUT2D eigenvalue weighted by atomic mass is 16.2. The fourth-order valence-corrected chi connectivity index (χ4v) is 1.12. The van der Waals surface area contributed by atoms with Gasteiger partial charge in [0.25, 0.3) is 5.91 Å². The first-order chi connectivity index (χ1) is 7.15. The predicted molar refractivity (Wildman–Crippen MR) is 55.0 cm³/mol. The van der Waals surface area contributed by atoms with Crippen LogP contribution in [-0.2, 0) is 4.79 Å². The van der Waals surface area contributed by atoms with Crippen molar-refractivity contribution < 1.29 is 9.59 Å². The Morgan fingerprint density at radius 2 is 2.07 bits per heavy atom. The summed E-state index contributed by atoms with van der Waals surface area (Å²) >= 11 is 0. The van der Waals surface area contributed by atoms with Crippen LogP contribution in [0.25, 0.3) is 0 Å². The third-order valence-corrected chi connectivity index (χ3v) is 2.00. The molecular formula is C10H13N3O2. The molecule has 5 heteroatoms. The van der Waals surface area contributed by atoms with Gasteiger partial charge in [0, 0.05) is 18.0 Å². The highest BCUT2D eigenvalue weighted by Crippen LogP contribution is 1.98. The Morgan fingerprint density at radius 1 is 1.47 bits per heavy atom. The molecule has 3 N–H and O–H groups in total. The van der Waals surface area contributed by atoms with E-state index in [-0.39, 0.29) is 5.91 Å². The number of hydrogen-bond acceptors (Lipinski definition) is 3. The summed E-state index contributed by atoms with van der Waals surface area (Å²) in [7, 11) is 0. The average Bonchev–Trinajstić information content (AvgIpc) is 2.26. The first-order valence-electron chi connectivity index (χ1n) is 4.65. The summed E-state index contributed by atoms with van der Waals surface area (Å²) < 4.78 is 0. The molecule has 80 valence electrons. The van der Waals surface area contributed by atoms with E-state index in [1.807, 2.05) is 0 Å². The molecule has 1 atom stereocenters. The zero-order valence-electron chi connectivity index (χ0n) is 8.43. The van der Waals surface area contributed by atoms with Crippen molar-refractivity contribution in [2.45, 2.75) is 19.4 Å². The number of carbonyl (C=O) groups excluding carboxylic acids is 2. The lowest BCUT2D eigenvalue weighted by molar-refractivity contribution is -0.119. The van der Waals surface area contributed by atoms with E-state index in [1.54, 1.807) is 19.1 Å². The van der Waals surface area contributed by atoms with Gasteiger partial charge < -0.3 is 11.1 Å². The Hall–Kier alpha value is -1.91. The number of rotatable bonds is 4. The zero-order valence-corrected chi connectivity index (χ0v) is 8.43. The van der Waals surface area contributed by atoms with Crippen LogP contribution in [0.5, 0.6) is 0 Å². The SMILES string of the molecule is CC[C@@H](NC(=O)c1ccncc1)C(N)=O. The van der Waals surface area contributed by atoms with E-state index in [4.69, 9.17) is 5.73 Å². The second kappa shape index (κ2) is 5.09. The van der Waals surface area contributed by atoms with Crippen LogP contribution in [0, 0.1) is 0 Å². The number of nitrogens with two attached hydrogens (primary N) is 1. The smallest absolute Gasteiger partial charge is 0.252 e. The van der Waals surface area contributed by atoms with Crippen LogP contribution < -0.4 is 11.1 Å². The lowest BCUT2D eigenvalue weighted by Crippen LogP contribution is -2.43. The molecule has 1 heterocycles. The third kappa shape index (κ3) is 3.05. The summed E-state index contributed by atoms with van der Waals surface area (Å²) in [5.74, 6) is -0.844. The number of carbonyl (C=O) groups is 2. The Kier molecular flexibility index (Phi) is 3.79. The highest BCUT2D eigenvalue weighted by molar-refractivity contribution is 5.97. The second-order valence-corrected chi connectivity index (χ2v) is 3.07. The van der Waals surface area contributed by atoms with Crippen LogP contribution in [0.3, 0.4) is 0 Å². The van der Waals surface area contributed by atoms with E-state index >= 15 is 0 Å². The maximum atomic E-state index is 11.6. The second-order valence-electron chi connectivity index (χ2n) is 3.07. The number of primary amides is 1. The molecular weight excluding hydrogens is 194 g/mol. The molecule has 0 aliphatic rings. The van der Waals surface area contributed by atoms with E-state index in [1.165, 1.54) is 12.4 Å². The van der Waals surface area contributed by atoms with Crippen LogP contribution in [0.1, 0.15) is 23.7 Å². The predicted octanol–water partition coefficient (Wildman–Crippen LogP) is 0.0753. The van der Waals surface area contributed by atoms with Gasteiger partial charge in [-0.15, -0.1) is 0 Å². The Morgan fingerprint density at radius 3 is 2.53 bits per heavy atom. The molecule has 0 bridgehead atoms.